The van der Waals surface area contributed by atoms with Gasteiger partial charge in [-0.15, -0.1) is 0 Å². The second-order valence-electron chi connectivity index (χ2n) is 4.57. The van der Waals surface area contributed by atoms with Crippen molar-refractivity contribution in [1.82, 2.24) is 0 Å². The molecule has 1 aromatic rings. The summed E-state index contributed by atoms with van der Waals surface area (Å²) >= 11 is 0. The summed E-state index contributed by atoms with van der Waals surface area (Å²) in [7, 11) is 0. The van der Waals surface area contributed by atoms with Crippen LogP contribution in [0.4, 0.5) is 5.69 Å². The number of carboxylic acids is 1. The van der Waals surface area contributed by atoms with Crippen molar-refractivity contribution in [1.29, 1.82) is 0 Å². The van der Waals surface area contributed by atoms with E-state index in [2.05, 4.69) is 10.5 Å². The molecule has 0 bridgehead atoms. The van der Waals surface area contributed by atoms with E-state index in [0.29, 0.717) is 0 Å². The maximum absolute atomic E-state index is 10.6. The molecular formula is C14H17N2O2-. The van der Waals surface area contributed by atoms with Crippen LogP contribution in [-0.2, 0) is 0 Å². The van der Waals surface area contributed by atoms with Gasteiger partial charge >= 0.3 is 0 Å². The zero-order valence-corrected chi connectivity index (χ0v) is 10.3. The molecule has 1 saturated carbocycles. The van der Waals surface area contributed by atoms with Crippen LogP contribution in [0.5, 0.6) is 0 Å². The van der Waals surface area contributed by atoms with E-state index in [1.54, 1.807) is 12.1 Å². The number of nitrogens with one attached hydrogen (secondary N) is 1. The Hall–Kier alpha value is -1.84. The van der Waals surface area contributed by atoms with E-state index in [9.17, 15) is 9.90 Å². The number of hydrazone groups is 1. The van der Waals surface area contributed by atoms with E-state index < -0.39 is 5.97 Å². The first-order valence-electron chi connectivity index (χ1n) is 6.38. The van der Waals surface area contributed by atoms with E-state index in [-0.39, 0.29) is 5.56 Å². The first kappa shape index (κ1) is 12.6. The highest BCUT2D eigenvalue weighted by Gasteiger charge is 2.05. The molecule has 2 rings (SSSR count). The molecule has 1 N–H and O–H groups in total. The lowest BCUT2D eigenvalue weighted by Crippen LogP contribution is -2.21. The predicted octanol–water partition coefficient (Wildman–Crippen LogP) is 2.17. The van der Waals surface area contributed by atoms with Crippen LogP contribution in [0.2, 0.25) is 0 Å². The van der Waals surface area contributed by atoms with E-state index in [1.807, 2.05) is 0 Å². The number of benzene rings is 1. The molecule has 0 heterocycles. The highest BCUT2D eigenvalue weighted by Crippen LogP contribution is 2.16. The standard InChI is InChI=1S/C14H18N2O2/c17-14(18)11-7-9-13(10-8-11)16-15-12-5-3-1-2-4-6-12/h7-10,16H,1-6H2,(H,17,18)/p-1. The molecular weight excluding hydrogens is 228 g/mol. The molecule has 0 saturated heterocycles. The highest BCUT2D eigenvalue weighted by atomic mass is 16.4. The number of nitrogens with zero attached hydrogens (tertiary/aromatic N) is 1. The van der Waals surface area contributed by atoms with Crippen LogP contribution in [0.1, 0.15) is 48.9 Å². The molecule has 4 heteroatoms. The summed E-state index contributed by atoms with van der Waals surface area (Å²) in [6.07, 6.45) is 7.13. The van der Waals surface area contributed by atoms with Crippen molar-refractivity contribution in [2.75, 3.05) is 5.43 Å². The Bertz CT molecular complexity index is 428. The van der Waals surface area contributed by atoms with Crippen molar-refractivity contribution in [3.63, 3.8) is 0 Å². The fourth-order valence-electron chi connectivity index (χ4n) is 2.07. The Balaban J connectivity index is 1.96. The van der Waals surface area contributed by atoms with E-state index in [1.165, 1.54) is 43.5 Å². The third kappa shape index (κ3) is 3.58. The number of carbonyl (C=O) groups is 1. The Morgan fingerprint density at radius 1 is 1.06 bits per heavy atom. The van der Waals surface area contributed by atoms with Crippen molar-refractivity contribution in [3.8, 4) is 0 Å². The second-order valence-corrected chi connectivity index (χ2v) is 4.57. The van der Waals surface area contributed by atoms with Crippen LogP contribution in [0.15, 0.2) is 29.4 Å². The van der Waals surface area contributed by atoms with Gasteiger partial charge in [0.05, 0.1) is 11.7 Å². The van der Waals surface area contributed by atoms with Gasteiger partial charge in [-0.3, -0.25) is 5.43 Å². The Labute approximate surface area is 107 Å². The van der Waals surface area contributed by atoms with Gasteiger partial charge in [-0.1, -0.05) is 25.0 Å². The van der Waals surface area contributed by atoms with Crippen molar-refractivity contribution in [3.05, 3.63) is 29.8 Å². The molecule has 0 atom stereocenters. The van der Waals surface area contributed by atoms with E-state index >= 15 is 0 Å². The summed E-state index contributed by atoms with van der Waals surface area (Å²) in [5, 5.41) is 15.0. The van der Waals surface area contributed by atoms with Gasteiger partial charge in [0.1, 0.15) is 0 Å². The molecule has 1 aliphatic carbocycles. The highest BCUT2D eigenvalue weighted by molar-refractivity contribution is 5.87. The van der Waals surface area contributed by atoms with Crippen molar-refractivity contribution in [2.45, 2.75) is 38.5 Å². The SMILES string of the molecule is O=C([O-])c1ccc(NN=C2CCCCCC2)cc1. The lowest BCUT2D eigenvalue weighted by Gasteiger charge is -2.06. The third-order valence-electron chi connectivity index (χ3n) is 3.14. The molecule has 18 heavy (non-hydrogen) atoms. The third-order valence-corrected chi connectivity index (χ3v) is 3.14. The number of carbonyl (C=O) groups excluding carboxylic acids is 1. The molecule has 0 aliphatic heterocycles. The summed E-state index contributed by atoms with van der Waals surface area (Å²) in [5.74, 6) is -1.16. The van der Waals surface area contributed by atoms with Crippen LogP contribution in [0, 0.1) is 0 Å². The summed E-state index contributed by atoms with van der Waals surface area (Å²) in [5.41, 5.74) is 5.17. The van der Waals surface area contributed by atoms with Crippen LogP contribution in [0.25, 0.3) is 0 Å². The molecule has 4 nitrogen and oxygen atoms in total. The summed E-state index contributed by atoms with van der Waals surface area (Å²) < 4.78 is 0. The molecule has 1 aromatic carbocycles. The summed E-state index contributed by atoms with van der Waals surface area (Å²) in [4.78, 5) is 10.6. The predicted molar refractivity (Wildman–Crippen MR) is 69.5 cm³/mol. The molecule has 0 radical (unpaired) electrons. The number of hydrogen-bond donors (Lipinski definition) is 1. The number of hydrogen-bond acceptors (Lipinski definition) is 4. The van der Waals surface area contributed by atoms with Gasteiger partial charge < -0.3 is 9.90 Å². The fraction of sp³-hybridized carbons (Fsp3) is 0.429. The Morgan fingerprint density at radius 2 is 1.67 bits per heavy atom. The molecule has 1 aliphatic rings. The molecule has 96 valence electrons. The first-order valence-corrected chi connectivity index (χ1v) is 6.38. The van der Waals surface area contributed by atoms with Gasteiger partial charge in [-0.25, -0.2) is 0 Å². The largest absolute Gasteiger partial charge is 0.545 e. The molecule has 0 amide bonds. The topological polar surface area (TPSA) is 64.5 Å². The van der Waals surface area contributed by atoms with Gasteiger partial charge in [-0.05, 0) is 43.4 Å². The van der Waals surface area contributed by atoms with Crippen LogP contribution >= 0.6 is 0 Å². The number of carboxylic acid groups (broad SMARTS) is 1. The van der Waals surface area contributed by atoms with Gasteiger partial charge in [0.25, 0.3) is 0 Å². The molecule has 0 spiro atoms. The number of anilines is 1. The van der Waals surface area contributed by atoms with E-state index in [4.69, 9.17) is 0 Å². The van der Waals surface area contributed by atoms with Gasteiger partial charge in [0.2, 0.25) is 0 Å². The second kappa shape index (κ2) is 6.19. The summed E-state index contributed by atoms with van der Waals surface area (Å²) in [6.45, 7) is 0. The Kier molecular flexibility index (Phi) is 4.34. The zero-order chi connectivity index (χ0) is 12.8. The lowest BCUT2D eigenvalue weighted by molar-refractivity contribution is -0.255. The minimum absolute atomic E-state index is 0.183. The maximum Gasteiger partial charge on any atom is 0.0715 e. The van der Waals surface area contributed by atoms with Gasteiger partial charge in [-0.2, -0.15) is 5.10 Å². The zero-order valence-electron chi connectivity index (χ0n) is 10.3. The maximum atomic E-state index is 10.6. The van der Waals surface area contributed by atoms with Crippen LogP contribution in [0.3, 0.4) is 0 Å². The minimum Gasteiger partial charge on any atom is -0.545 e. The molecule has 0 aromatic heterocycles. The van der Waals surface area contributed by atoms with Gasteiger partial charge in [0, 0.05) is 5.71 Å². The van der Waals surface area contributed by atoms with Gasteiger partial charge in [0.15, 0.2) is 0 Å². The van der Waals surface area contributed by atoms with Crippen molar-refractivity contribution >= 4 is 17.4 Å². The number of aromatic carboxylic acids is 1. The fourth-order valence-corrected chi connectivity index (χ4v) is 2.07. The normalized spacial score (nSPS) is 15.9. The van der Waals surface area contributed by atoms with E-state index in [0.717, 1.165) is 18.5 Å². The first-order chi connectivity index (χ1) is 8.75. The van der Waals surface area contributed by atoms with Crippen LogP contribution < -0.4 is 10.5 Å². The van der Waals surface area contributed by atoms with Crippen molar-refractivity contribution in [2.24, 2.45) is 5.10 Å². The number of rotatable bonds is 3. The average Bonchev–Trinajstić information content (AvgIpc) is 2.65. The molecule has 0 unspecified atom stereocenters. The Morgan fingerprint density at radius 3 is 2.22 bits per heavy atom. The average molecular weight is 245 g/mol. The minimum atomic E-state index is -1.16. The quantitative estimate of drug-likeness (QED) is 0.655. The monoisotopic (exact) mass is 245 g/mol. The lowest BCUT2D eigenvalue weighted by atomic mass is 10.2. The van der Waals surface area contributed by atoms with Crippen molar-refractivity contribution < 1.29 is 9.90 Å². The summed E-state index contributed by atoms with van der Waals surface area (Å²) in [6, 6.07) is 6.44. The molecule has 1 fully saturated rings. The smallest absolute Gasteiger partial charge is 0.0715 e. The van der Waals surface area contributed by atoms with Crippen LogP contribution in [-0.4, -0.2) is 11.7 Å².